The molecule has 150 valence electrons. The van der Waals surface area contributed by atoms with E-state index in [9.17, 15) is 4.79 Å². The normalized spacial score (nSPS) is 15.4. The van der Waals surface area contributed by atoms with Gasteiger partial charge in [-0.05, 0) is 70.6 Å². The molecule has 6 nitrogen and oxygen atoms in total. The van der Waals surface area contributed by atoms with E-state index in [0.717, 1.165) is 42.9 Å². The molecule has 4 rings (SSSR count). The SMILES string of the molecule is Cc1ccccc1N(C(=O)c1nc(C)n(-c2ccccc2)n1)C1CCN(C)CC1. The third-order valence-corrected chi connectivity index (χ3v) is 5.61. The molecule has 1 amide bonds. The first-order valence-electron chi connectivity index (χ1n) is 10.1. The monoisotopic (exact) mass is 389 g/mol. The van der Waals surface area contributed by atoms with Crippen LogP contribution >= 0.6 is 0 Å². The van der Waals surface area contributed by atoms with Crippen LogP contribution in [-0.2, 0) is 0 Å². The van der Waals surface area contributed by atoms with Gasteiger partial charge < -0.3 is 9.80 Å². The van der Waals surface area contributed by atoms with Crippen LogP contribution in [0.15, 0.2) is 54.6 Å². The molecule has 0 unspecified atom stereocenters. The molecule has 0 aliphatic carbocycles. The maximum atomic E-state index is 13.6. The topological polar surface area (TPSA) is 54.3 Å². The van der Waals surface area contributed by atoms with Crippen LogP contribution in [0.25, 0.3) is 5.69 Å². The van der Waals surface area contributed by atoms with Gasteiger partial charge in [-0.15, -0.1) is 5.10 Å². The molecule has 6 heteroatoms. The van der Waals surface area contributed by atoms with Gasteiger partial charge in [-0.3, -0.25) is 4.79 Å². The first-order chi connectivity index (χ1) is 14.0. The number of carbonyl (C=O) groups is 1. The molecule has 0 spiro atoms. The van der Waals surface area contributed by atoms with E-state index in [0.29, 0.717) is 5.82 Å². The molecule has 29 heavy (non-hydrogen) atoms. The summed E-state index contributed by atoms with van der Waals surface area (Å²) in [5.41, 5.74) is 2.93. The second-order valence-corrected chi connectivity index (χ2v) is 7.73. The Morgan fingerprint density at radius 2 is 1.66 bits per heavy atom. The smallest absolute Gasteiger partial charge is 0.298 e. The molecular formula is C23H27N5O. The Balaban J connectivity index is 1.71. The molecule has 2 aromatic carbocycles. The number of anilines is 1. The molecule has 0 bridgehead atoms. The second kappa shape index (κ2) is 8.17. The van der Waals surface area contributed by atoms with Gasteiger partial charge in [-0.25, -0.2) is 9.67 Å². The van der Waals surface area contributed by atoms with Crippen molar-refractivity contribution in [3.8, 4) is 5.69 Å². The van der Waals surface area contributed by atoms with Crippen molar-refractivity contribution in [1.29, 1.82) is 0 Å². The van der Waals surface area contributed by atoms with Crippen LogP contribution in [0.4, 0.5) is 5.69 Å². The molecule has 1 aromatic heterocycles. The van der Waals surface area contributed by atoms with Crippen LogP contribution in [0.3, 0.4) is 0 Å². The summed E-state index contributed by atoms with van der Waals surface area (Å²) in [6, 6.07) is 18.0. The Morgan fingerprint density at radius 1 is 1.00 bits per heavy atom. The van der Waals surface area contributed by atoms with Crippen LogP contribution in [0.5, 0.6) is 0 Å². The summed E-state index contributed by atoms with van der Waals surface area (Å²) in [6.45, 7) is 5.88. The van der Waals surface area contributed by atoms with Crippen molar-refractivity contribution in [2.45, 2.75) is 32.7 Å². The molecule has 2 heterocycles. The third kappa shape index (κ3) is 3.93. The number of para-hydroxylation sites is 2. The molecule has 1 aliphatic rings. The highest BCUT2D eigenvalue weighted by Crippen LogP contribution is 2.28. The number of rotatable bonds is 4. The molecule has 1 fully saturated rings. The van der Waals surface area contributed by atoms with Crippen LogP contribution in [0.1, 0.15) is 34.8 Å². The highest BCUT2D eigenvalue weighted by molar-refractivity contribution is 6.04. The lowest BCUT2D eigenvalue weighted by molar-refractivity contribution is 0.0953. The number of carbonyl (C=O) groups excluding carboxylic acids is 1. The quantitative estimate of drug-likeness (QED) is 0.684. The number of piperidine rings is 1. The summed E-state index contributed by atoms with van der Waals surface area (Å²) >= 11 is 0. The van der Waals surface area contributed by atoms with E-state index in [1.807, 2.05) is 73.3 Å². The van der Waals surface area contributed by atoms with Crippen molar-refractivity contribution >= 4 is 11.6 Å². The van der Waals surface area contributed by atoms with Gasteiger partial charge in [0.2, 0.25) is 5.82 Å². The van der Waals surface area contributed by atoms with Crippen LogP contribution < -0.4 is 4.90 Å². The van der Waals surface area contributed by atoms with Gasteiger partial charge in [0.15, 0.2) is 0 Å². The predicted octanol–water partition coefficient (Wildman–Crippen LogP) is 3.63. The lowest BCUT2D eigenvalue weighted by Crippen LogP contribution is -2.47. The molecule has 1 aliphatic heterocycles. The molecule has 0 saturated carbocycles. The number of likely N-dealkylation sites (tertiary alicyclic amines) is 1. The Kier molecular flexibility index (Phi) is 5.45. The van der Waals surface area contributed by atoms with E-state index in [-0.39, 0.29) is 17.8 Å². The van der Waals surface area contributed by atoms with Gasteiger partial charge in [-0.1, -0.05) is 36.4 Å². The van der Waals surface area contributed by atoms with Gasteiger partial charge in [0.1, 0.15) is 5.82 Å². The van der Waals surface area contributed by atoms with Crippen LogP contribution in [-0.4, -0.2) is 51.8 Å². The maximum absolute atomic E-state index is 13.6. The Hall–Kier alpha value is -2.99. The van der Waals surface area contributed by atoms with E-state index in [4.69, 9.17) is 0 Å². The van der Waals surface area contributed by atoms with Crippen molar-refractivity contribution in [2.24, 2.45) is 0 Å². The summed E-state index contributed by atoms with van der Waals surface area (Å²) in [4.78, 5) is 22.4. The summed E-state index contributed by atoms with van der Waals surface area (Å²) in [5.74, 6) is 0.813. The van der Waals surface area contributed by atoms with Crippen molar-refractivity contribution in [3.63, 3.8) is 0 Å². The first-order valence-corrected chi connectivity index (χ1v) is 10.1. The standard InChI is InChI=1S/C23H27N5O/c1-17-9-7-8-12-21(17)27(19-13-15-26(3)16-14-19)23(29)22-24-18(2)28(25-22)20-10-5-4-6-11-20/h4-12,19H,13-16H2,1-3H3. The number of hydrogen-bond donors (Lipinski definition) is 0. The Labute approximate surface area is 171 Å². The Bertz CT molecular complexity index is 990. The van der Waals surface area contributed by atoms with E-state index in [2.05, 4.69) is 22.0 Å². The number of aromatic nitrogens is 3. The van der Waals surface area contributed by atoms with Gasteiger partial charge in [0, 0.05) is 11.7 Å². The molecule has 0 atom stereocenters. The van der Waals surface area contributed by atoms with E-state index >= 15 is 0 Å². The van der Waals surface area contributed by atoms with Crippen molar-refractivity contribution in [2.75, 3.05) is 25.0 Å². The average molecular weight is 390 g/mol. The van der Waals surface area contributed by atoms with Crippen LogP contribution in [0, 0.1) is 13.8 Å². The minimum absolute atomic E-state index is 0.133. The summed E-state index contributed by atoms with van der Waals surface area (Å²) < 4.78 is 1.73. The first kappa shape index (κ1) is 19.3. The summed E-state index contributed by atoms with van der Waals surface area (Å²) in [7, 11) is 2.13. The number of hydrogen-bond acceptors (Lipinski definition) is 4. The minimum Gasteiger partial charge on any atom is -0.306 e. The molecule has 1 saturated heterocycles. The highest BCUT2D eigenvalue weighted by atomic mass is 16.2. The van der Waals surface area contributed by atoms with Crippen molar-refractivity contribution in [3.05, 3.63) is 71.8 Å². The molecule has 3 aromatic rings. The lowest BCUT2D eigenvalue weighted by Gasteiger charge is -2.37. The fourth-order valence-electron chi connectivity index (χ4n) is 3.96. The van der Waals surface area contributed by atoms with E-state index in [1.54, 1.807) is 4.68 Å². The largest absolute Gasteiger partial charge is 0.306 e. The van der Waals surface area contributed by atoms with Crippen LogP contribution in [0.2, 0.25) is 0 Å². The van der Waals surface area contributed by atoms with Gasteiger partial charge in [-0.2, -0.15) is 0 Å². The van der Waals surface area contributed by atoms with E-state index < -0.39 is 0 Å². The van der Waals surface area contributed by atoms with Gasteiger partial charge >= 0.3 is 0 Å². The third-order valence-electron chi connectivity index (χ3n) is 5.61. The van der Waals surface area contributed by atoms with Crippen molar-refractivity contribution in [1.82, 2.24) is 19.7 Å². The van der Waals surface area contributed by atoms with Gasteiger partial charge in [0.25, 0.3) is 5.91 Å². The zero-order chi connectivity index (χ0) is 20.4. The molecular weight excluding hydrogens is 362 g/mol. The fraction of sp³-hybridized carbons (Fsp3) is 0.348. The number of amides is 1. The number of nitrogens with zero attached hydrogens (tertiary/aromatic N) is 5. The molecule has 0 radical (unpaired) electrons. The fourth-order valence-corrected chi connectivity index (χ4v) is 3.96. The number of benzene rings is 2. The van der Waals surface area contributed by atoms with Crippen molar-refractivity contribution < 1.29 is 4.79 Å². The predicted molar refractivity (Wildman–Crippen MR) is 115 cm³/mol. The minimum atomic E-state index is -0.133. The number of aryl methyl sites for hydroxylation is 2. The zero-order valence-corrected chi connectivity index (χ0v) is 17.2. The highest BCUT2D eigenvalue weighted by Gasteiger charge is 2.32. The lowest BCUT2D eigenvalue weighted by atomic mass is 10.0. The van der Waals surface area contributed by atoms with Gasteiger partial charge in [0.05, 0.1) is 5.69 Å². The van der Waals surface area contributed by atoms with E-state index in [1.165, 1.54) is 0 Å². The zero-order valence-electron chi connectivity index (χ0n) is 17.2. The maximum Gasteiger partial charge on any atom is 0.298 e. The Morgan fingerprint density at radius 3 is 2.34 bits per heavy atom. The second-order valence-electron chi connectivity index (χ2n) is 7.73. The molecule has 0 N–H and O–H groups in total. The average Bonchev–Trinajstić information content (AvgIpc) is 3.13. The summed E-state index contributed by atoms with van der Waals surface area (Å²) in [5, 5.41) is 4.57. The summed E-state index contributed by atoms with van der Waals surface area (Å²) in [6.07, 6.45) is 1.88.